The number of hydrogen-bond donors (Lipinski definition) is 0. The largest absolute Gasteiger partial charge is 0.469 e. The third-order valence-corrected chi connectivity index (χ3v) is 2.18. The summed E-state index contributed by atoms with van der Waals surface area (Å²) in [7, 11) is 0.913. The van der Waals surface area contributed by atoms with Gasteiger partial charge in [0.2, 0.25) is 0 Å². The van der Waals surface area contributed by atoms with Gasteiger partial charge in [0.25, 0.3) is 0 Å². The maximum absolute atomic E-state index is 12.7. The summed E-state index contributed by atoms with van der Waals surface area (Å²) in [5.74, 6) is -1.09. The second-order valence-corrected chi connectivity index (χ2v) is 3.47. The minimum Gasteiger partial charge on any atom is -0.469 e. The van der Waals surface area contributed by atoms with Crippen molar-refractivity contribution in [2.24, 2.45) is 0 Å². The molecule has 1 rings (SSSR count). The van der Waals surface area contributed by atoms with Crippen molar-refractivity contribution in [2.75, 3.05) is 7.11 Å². The highest BCUT2D eigenvalue weighted by molar-refractivity contribution is 5.73. The third kappa shape index (κ3) is 3.58. The zero-order valence-electron chi connectivity index (χ0n) is 9.39. The predicted octanol–water partition coefficient (Wildman–Crippen LogP) is 2.83. The Kier molecular flexibility index (Phi) is 4.06. The molecule has 0 fully saturated rings. The summed E-state index contributed by atoms with van der Waals surface area (Å²) in [5.41, 5.74) is -4.73. The molecule has 0 unspecified atom stereocenters. The van der Waals surface area contributed by atoms with E-state index in [1.54, 1.807) is 0 Å². The van der Waals surface area contributed by atoms with Gasteiger partial charge in [-0.05, 0) is 5.56 Å². The zero-order chi connectivity index (χ0) is 14.8. The van der Waals surface area contributed by atoms with Crippen LogP contribution in [0.4, 0.5) is 26.3 Å². The van der Waals surface area contributed by atoms with Gasteiger partial charge < -0.3 is 4.74 Å². The van der Waals surface area contributed by atoms with Crippen LogP contribution >= 0.6 is 0 Å². The lowest BCUT2D eigenvalue weighted by Gasteiger charge is -2.17. The summed E-state index contributed by atoms with van der Waals surface area (Å²) in [6.07, 6.45) is -10.8. The van der Waals surface area contributed by atoms with Crippen LogP contribution in [0.25, 0.3) is 0 Å². The second kappa shape index (κ2) is 5.06. The smallest absolute Gasteiger partial charge is 0.418 e. The predicted molar refractivity (Wildman–Crippen MR) is 50.0 cm³/mol. The summed E-state index contributed by atoms with van der Waals surface area (Å²) < 4.78 is 79.8. The fourth-order valence-electron chi connectivity index (χ4n) is 1.42. The highest BCUT2D eigenvalue weighted by Gasteiger charge is 2.45. The summed E-state index contributed by atoms with van der Waals surface area (Å²) in [6.45, 7) is 0. The average molecular weight is 287 g/mol. The Morgan fingerprint density at radius 2 is 1.74 bits per heavy atom. The normalized spacial score (nSPS) is 12.4. The molecule has 1 aromatic heterocycles. The van der Waals surface area contributed by atoms with Gasteiger partial charge in [0.05, 0.1) is 24.7 Å². The molecule has 0 aliphatic heterocycles. The van der Waals surface area contributed by atoms with Crippen LogP contribution in [0.15, 0.2) is 12.4 Å². The molecule has 0 aromatic carbocycles. The van der Waals surface area contributed by atoms with Crippen LogP contribution in [0.2, 0.25) is 0 Å². The summed E-state index contributed by atoms with van der Waals surface area (Å²) in [5, 5.41) is 0. The molecular weight excluding hydrogens is 280 g/mol. The Labute approximate surface area is 103 Å². The number of alkyl halides is 6. The minimum absolute atomic E-state index is 0.0730. The summed E-state index contributed by atoms with van der Waals surface area (Å²) in [6, 6.07) is 0. The van der Waals surface area contributed by atoms with E-state index in [4.69, 9.17) is 0 Å². The molecule has 0 amide bonds. The number of esters is 1. The first-order valence-electron chi connectivity index (χ1n) is 4.75. The molecule has 0 saturated heterocycles. The SMILES string of the molecule is COC(=O)Cc1cncc(C(F)(F)F)c1C(F)(F)F. The van der Waals surface area contributed by atoms with E-state index in [1.165, 1.54) is 0 Å². The molecule has 19 heavy (non-hydrogen) atoms. The lowest BCUT2D eigenvalue weighted by atomic mass is 10.0. The molecule has 0 N–H and O–H groups in total. The summed E-state index contributed by atoms with van der Waals surface area (Å²) >= 11 is 0. The van der Waals surface area contributed by atoms with Crippen molar-refractivity contribution in [3.63, 3.8) is 0 Å². The molecule has 0 aliphatic rings. The van der Waals surface area contributed by atoms with Gasteiger partial charge in [-0.3, -0.25) is 9.78 Å². The van der Waals surface area contributed by atoms with Crippen molar-refractivity contribution in [1.29, 1.82) is 0 Å². The van der Waals surface area contributed by atoms with Crippen molar-refractivity contribution < 1.29 is 35.9 Å². The molecule has 0 aliphatic carbocycles. The second-order valence-electron chi connectivity index (χ2n) is 3.47. The van der Waals surface area contributed by atoms with Gasteiger partial charge in [-0.25, -0.2) is 0 Å². The number of carbonyl (C=O) groups excluding carboxylic acids is 1. The number of carbonyl (C=O) groups is 1. The van der Waals surface area contributed by atoms with Crippen LogP contribution in [0.3, 0.4) is 0 Å². The van der Waals surface area contributed by atoms with Gasteiger partial charge >= 0.3 is 18.3 Å². The van der Waals surface area contributed by atoms with Crippen LogP contribution < -0.4 is 0 Å². The highest BCUT2D eigenvalue weighted by Crippen LogP contribution is 2.41. The van der Waals surface area contributed by atoms with E-state index in [0.29, 0.717) is 6.20 Å². The number of halogens is 6. The molecule has 0 radical (unpaired) electrons. The monoisotopic (exact) mass is 287 g/mol. The first kappa shape index (κ1) is 15.3. The number of rotatable bonds is 2. The van der Waals surface area contributed by atoms with E-state index in [1.807, 2.05) is 0 Å². The van der Waals surface area contributed by atoms with E-state index in [2.05, 4.69) is 9.72 Å². The first-order valence-corrected chi connectivity index (χ1v) is 4.75. The van der Waals surface area contributed by atoms with E-state index >= 15 is 0 Å². The van der Waals surface area contributed by atoms with Gasteiger partial charge in [-0.1, -0.05) is 0 Å². The molecule has 0 saturated carbocycles. The van der Waals surface area contributed by atoms with E-state index in [0.717, 1.165) is 7.11 Å². The minimum atomic E-state index is -5.25. The van der Waals surface area contributed by atoms with Gasteiger partial charge in [0, 0.05) is 12.4 Å². The van der Waals surface area contributed by atoms with E-state index in [-0.39, 0.29) is 6.20 Å². The maximum Gasteiger partial charge on any atom is 0.418 e. The highest BCUT2D eigenvalue weighted by atomic mass is 19.4. The Hall–Kier alpha value is -1.80. The molecule has 9 heteroatoms. The lowest BCUT2D eigenvalue weighted by molar-refractivity contribution is -0.163. The maximum atomic E-state index is 12.7. The topological polar surface area (TPSA) is 39.2 Å². The van der Waals surface area contributed by atoms with E-state index in [9.17, 15) is 31.1 Å². The van der Waals surface area contributed by atoms with Gasteiger partial charge in [0.1, 0.15) is 0 Å². The Balaban J connectivity index is 3.44. The van der Waals surface area contributed by atoms with Crippen LogP contribution in [0.1, 0.15) is 16.7 Å². The van der Waals surface area contributed by atoms with Crippen LogP contribution in [0.5, 0.6) is 0 Å². The molecule has 0 spiro atoms. The molecule has 1 heterocycles. The van der Waals surface area contributed by atoms with Crippen molar-refractivity contribution in [1.82, 2.24) is 4.98 Å². The van der Waals surface area contributed by atoms with Crippen molar-refractivity contribution in [3.8, 4) is 0 Å². The van der Waals surface area contributed by atoms with Crippen LogP contribution in [-0.2, 0) is 28.3 Å². The summed E-state index contributed by atoms with van der Waals surface area (Å²) in [4.78, 5) is 14.0. The van der Waals surface area contributed by atoms with Crippen molar-refractivity contribution >= 4 is 5.97 Å². The average Bonchev–Trinajstić information content (AvgIpc) is 2.25. The number of aromatic nitrogens is 1. The molecule has 1 aromatic rings. The number of nitrogens with zero attached hydrogens (tertiary/aromatic N) is 1. The van der Waals surface area contributed by atoms with Crippen molar-refractivity contribution in [3.05, 3.63) is 29.1 Å². The van der Waals surface area contributed by atoms with E-state index < -0.39 is 41.4 Å². The molecular formula is C10H7F6NO2. The van der Waals surface area contributed by atoms with Crippen LogP contribution in [0, 0.1) is 0 Å². The van der Waals surface area contributed by atoms with Gasteiger partial charge in [-0.2, -0.15) is 26.3 Å². The standard InChI is InChI=1S/C10H7F6NO2/c1-19-7(18)2-5-3-17-4-6(9(11,12)13)8(5)10(14,15)16/h3-4H,2H2,1H3. The van der Waals surface area contributed by atoms with Crippen LogP contribution in [-0.4, -0.2) is 18.1 Å². The Morgan fingerprint density at radius 1 is 1.16 bits per heavy atom. The quantitative estimate of drug-likeness (QED) is 0.620. The fraction of sp³-hybridized carbons (Fsp3) is 0.400. The fourth-order valence-corrected chi connectivity index (χ4v) is 1.42. The number of ether oxygens (including phenoxy) is 1. The molecule has 106 valence electrons. The lowest BCUT2D eigenvalue weighted by Crippen LogP contribution is -2.21. The van der Waals surface area contributed by atoms with Gasteiger partial charge in [0.15, 0.2) is 0 Å². The number of methoxy groups -OCH3 is 1. The number of pyridine rings is 1. The Bertz CT molecular complexity index is 480. The van der Waals surface area contributed by atoms with Gasteiger partial charge in [-0.15, -0.1) is 0 Å². The molecule has 0 atom stereocenters. The molecule has 0 bridgehead atoms. The molecule has 3 nitrogen and oxygen atoms in total. The van der Waals surface area contributed by atoms with Crippen molar-refractivity contribution in [2.45, 2.75) is 18.8 Å². The Morgan fingerprint density at radius 3 is 2.16 bits per heavy atom. The zero-order valence-corrected chi connectivity index (χ0v) is 9.39. The first-order chi connectivity index (χ1) is 8.57. The third-order valence-electron chi connectivity index (χ3n) is 2.18. The number of hydrogen-bond acceptors (Lipinski definition) is 3.